The molecule has 0 atom stereocenters. The van der Waals surface area contributed by atoms with Crippen LogP contribution in [0.3, 0.4) is 0 Å². The number of alkyl halides is 3. The second-order valence-corrected chi connectivity index (χ2v) is 2.84. The maximum atomic E-state index is 8.44. The Hall–Kier alpha value is 2.66. The van der Waals surface area contributed by atoms with E-state index in [1.54, 1.807) is 0 Å². The molecule has 0 aliphatic carbocycles. The average molecular weight is 372 g/mol. The summed E-state index contributed by atoms with van der Waals surface area (Å²) in [5, 5.41) is 0. The summed E-state index contributed by atoms with van der Waals surface area (Å²) in [6, 6.07) is 0. The van der Waals surface area contributed by atoms with E-state index in [-0.39, 0.29) is 97.4 Å². The van der Waals surface area contributed by atoms with E-state index in [4.69, 9.17) is 48.1 Å². The Kier molecular flexibility index (Phi) is 417. The molecule has 0 bridgehead atoms. The number of halogens is 3. The van der Waals surface area contributed by atoms with Crippen LogP contribution in [0.5, 0.6) is 0 Å². The van der Waals surface area contributed by atoms with Gasteiger partial charge in [-0.15, -0.1) is 11.4 Å². The maximum absolute atomic E-state index is 8.44. The van der Waals surface area contributed by atoms with Crippen molar-refractivity contribution in [3.63, 3.8) is 0 Å². The number of hydrogen-bond donors (Lipinski definition) is 0. The van der Waals surface area contributed by atoms with E-state index >= 15 is 0 Å². The normalized spacial score (nSPS) is 4.18. The minimum atomic E-state index is -3.11. The summed E-state index contributed by atoms with van der Waals surface area (Å²) in [6.07, 6.45) is 0. The third-order valence-electron chi connectivity index (χ3n) is 0. The predicted octanol–water partition coefficient (Wildman–Crippen LogP) is -10.8. The van der Waals surface area contributed by atoms with Crippen LogP contribution in [0.4, 0.5) is 0 Å². The standard InChI is InChI=1S/CHCl3.2Na.H2O3S.7H2O/c2-1(3)4;;;1-4(2)3;;;;;;;/h1H;;;(H2,1,2,3);7*1H2/q;2*+1;;;;;;;;/p-2. The zero-order valence-corrected chi connectivity index (χ0v) is 15.9. The molecule has 10 nitrogen and oxygen atoms in total. The molecule has 0 aliphatic heterocycles. The zero-order chi connectivity index (χ0) is 7.15. The van der Waals surface area contributed by atoms with Crippen LogP contribution in [0.25, 0.3) is 0 Å². The predicted molar refractivity (Wildman–Crippen MR) is 56.3 cm³/mol. The van der Waals surface area contributed by atoms with Crippen molar-refractivity contribution < 1.29 is 111 Å². The van der Waals surface area contributed by atoms with Crippen molar-refractivity contribution in [1.82, 2.24) is 0 Å². The Bertz CT molecular complexity index is 73.8. The van der Waals surface area contributed by atoms with Crippen LogP contribution in [0.15, 0.2) is 0 Å². The van der Waals surface area contributed by atoms with Gasteiger partial charge in [0.05, 0.1) is 0 Å². The quantitative estimate of drug-likeness (QED) is 0.227. The monoisotopic (exact) mass is 370 g/mol. The van der Waals surface area contributed by atoms with Crippen molar-refractivity contribution in [3.05, 3.63) is 0 Å². The van der Waals surface area contributed by atoms with Gasteiger partial charge in [0, 0.05) is 0 Å². The van der Waals surface area contributed by atoms with Gasteiger partial charge in [0.15, 0.2) is 4.30 Å². The molecule has 16 heteroatoms. The number of rotatable bonds is 0. The summed E-state index contributed by atoms with van der Waals surface area (Å²) in [5.41, 5.74) is 0. The fourth-order valence-electron chi connectivity index (χ4n) is 0. The van der Waals surface area contributed by atoms with Crippen molar-refractivity contribution >= 4 is 46.2 Å². The average Bonchev–Trinajstić information content (AvgIpc) is 1.25. The molecule has 0 saturated carbocycles. The Morgan fingerprint density at radius 3 is 0.706 bits per heavy atom. The molecule has 0 fully saturated rings. The van der Waals surface area contributed by atoms with Crippen LogP contribution < -0.4 is 59.1 Å². The Morgan fingerprint density at radius 2 is 0.706 bits per heavy atom. The molecule has 0 radical (unpaired) electrons. The molecule has 0 unspecified atom stereocenters. The molecule has 0 rings (SSSR count). The third kappa shape index (κ3) is 732. The summed E-state index contributed by atoms with van der Waals surface area (Å²) < 4.78 is 24.6. The molecular formula is CH15Cl3Na2O10S. The van der Waals surface area contributed by atoms with Crippen LogP contribution in [-0.2, 0) is 11.4 Å². The van der Waals surface area contributed by atoms with Crippen molar-refractivity contribution in [2.45, 2.75) is 4.30 Å². The molecule has 0 heterocycles. The first kappa shape index (κ1) is 91.3. The zero-order valence-electron chi connectivity index (χ0n) is 8.84. The van der Waals surface area contributed by atoms with Crippen LogP contribution in [0, 0.1) is 0 Å². The van der Waals surface area contributed by atoms with Crippen LogP contribution in [0.2, 0.25) is 0 Å². The van der Waals surface area contributed by atoms with Crippen LogP contribution >= 0.6 is 34.8 Å². The molecule has 108 valence electrons. The van der Waals surface area contributed by atoms with Gasteiger partial charge in [-0.1, -0.05) is 34.8 Å². The van der Waals surface area contributed by atoms with E-state index in [1.807, 2.05) is 0 Å². The SMILES string of the molecule is ClC(Cl)Cl.O.O.O.O.O.O.O.O=S([O-])[O-].[Na+].[Na+]. The van der Waals surface area contributed by atoms with E-state index in [1.165, 1.54) is 0 Å². The second kappa shape index (κ2) is 77.6. The maximum Gasteiger partial charge on any atom is 1.00 e. The first-order chi connectivity index (χ1) is 3.46. The Balaban J connectivity index is -0.00000000308. The van der Waals surface area contributed by atoms with Gasteiger partial charge in [0.2, 0.25) is 0 Å². The van der Waals surface area contributed by atoms with Gasteiger partial charge in [-0.3, -0.25) is 4.21 Å². The summed E-state index contributed by atoms with van der Waals surface area (Å²) in [4.78, 5) is 0. The van der Waals surface area contributed by atoms with Crippen molar-refractivity contribution in [1.29, 1.82) is 0 Å². The first-order valence-electron chi connectivity index (χ1n) is 1.15. The summed E-state index contributed by atoms with van der Waals surface area (Å²) in [6.45, 7) is 0. The molecule has 0 spiro atoms. The van der Waals surface area contributed by atoms with Crippen LogP contribution in [0.1, 0.15) is 0 Å². The summed E-state index contributed by atoms with van der Waals surface area (Å²) >= 11 is 11.3. The van der Waals surface area contributed by atoms with Gasteiger partial charge in [0.1, 0.15) is 0 Å². The Morgan fingerprint density at radius 1 is 0.706 bits per heavy atom. The molecular weight excluding hydrogens is 356 g/mol. The molecule has 0 aromatic carbocycles. The van der Waals surface area contributed by atoms with Gasteiger partial charge >= 0.3 is 59.1 Å². The molecule has 0 amide bonds. The minimum Gasteiger partial charge on any atom is -0.784 e. The van der Waals surface area contributed by atoms with Crippen molar-refractivity contribution in [2.24, 2.45) is 0 Å². The van der Waals surface area contributed by atoms with Gasteiger partial charge in [-0.05, 0) is 0 Å². The van der Waals surface area contributed by atoms with Gasteiger partial charge in [-0.25, -0.2) is 0 Å². The second-order valence-electron chi connectivity index (χ2n) is 0.452. The first-order valence-corrected chi connectivity index (χ1v) is 3.46. The molecule has 0 saturated heterocycles. The van der Waals surface area contributed by atoms with E-state index in [0.717, 1.165) is 0 Å². The third-order valence-corrected chi connectivity index (χ3v) is 0. The summed E-state index contributed by atoms with van der Waals surface area (Å²) in [7, 11) is 0. The van der Waals surface area contributed by atoms with E-state index in [2.05, 4.69) is 0 Å². The van der Waals surface area contributed by atoms with E-state index in [9.17, 15) is 0 Å². The number of hydrogen-bond acceptors (Lipinski definition) is 3. The summed E-state index contributed by atoms with van der Waals surface area (Å²) in [5.74, 6) is 0. The van der Waals surface area contributed by atoms with Gasteiger partial charge < -0.3 is 47.4 Å². The Labute approximate surface area is 159 Å². The van der Waals surface area contributed by atoms with Crippen LogP contribution in [-0.4, -0.2) is 55.9 Å². The van der Waals surface area contributed by atoms with E-state index < -0.39 is 15.7 Å². The largest absolute Gasteiger partial charge is 1.00 e. The molecule has 0 aromatic heterocycles. The van der Waals surface area contributed by atoms with E-state index in [0.29, 0.717) is 0 Å². The van der Waals surface area contributed by atoms with Gasteiger partial charge in [0.25, 0.3) is 0 Å². The smallest absolute Gasteiger partial charge is 0.784 e. The topological polar surface area (TPSA) is 284 Å². The molecule has 0 aliphatic rings. The minimum absolute atomic E-state index is 0. The molecule has 17 heavy (non-hydrogen) atoms. The fraction of sp³-hybridized carbons (Fsp3) is 1.00. The fourth-order valence-corrected chi connectivity index (χ4v) is 0. The molecule has 14 N–H and O–H groups in total. The van der Waals surface area contributed by atoms with Gasteiger partial charge in [-0.2, -0.15) is 0 Å². The van der Waals surface area contributed by atoms with Crippen molar-refractivity contribution in [2.75, 3.05) is 0 Å². The molecule has 0 aromatic rings. The van der Waals surface area contributed by atoms with Crippen molar-refractivity contribution in [3.8, 4) is 0 Å².